The van der Waals surface area contributed by atoms with Crippen LogP contribution in [0.4, 0.5) is 0 Å². The number of furan rings is 1. The van der Waals surface area contributed by atoms with Gasteiger partial charge in [-0.25, -0.2) is 0 Å². The van der Waals surface area contributed by atoms with Gasteiger partial charge in [0.15, 0.2) is 5.82 Å². The summed E-state index contributed by atoms with van der Waals surface area (Å²) in [6.45, 7) is 1.38. The molecule has 1 aromatic rings. The van der Waals surface area contributed by atoms with Crippen molar-refractivity contribution in [1.82, 2.24) is 9.80 Å². The van der Waals surface area contributed by atoms with E-state index in [9.17, 15) is 10.1 Å². The molecule has 0 atom stereocenters. The maximum Gasteiger partial charge on any atom is 0.274 e. The Morgan fingerprint density at radius 1 is 1.55 bits per heavy atom. The normalized spacial score (nSPS) is 12.0. The number of nitrogens with two attached hydrogens (primary N) is 1. The minimum absolute atomic E-state index is 0.152. The van der Waals surface area contributed by atoms with Gasteiger partial charge in [-0.05, 0) is 36.1 Å². The molecule has 9 heteroatoms. The number of thioether (sulfide) groups is 1. The van der Waals surface area contributed by atoms with Crippen LogP contribution in [-0.2, 0) is 12.3 Å². The minimum atomic E-state index is -0.550. The van der Waals surface area contributed by atoms with Crippen LogP contribution in [0.2, 0.25) is 0 Å². The molecule has 0 aliphatic rings. The molecule has 0 saturated carbocycles. The van der Waals surface area contributed by atoms with E-state index < -0.39 is 4.92 Å². The Morgan fingerprint density at radius 2 is 2.23 bits per heavy atom. The van der Waals surface area contributed by atoms with Gasteiger partial charge in [0.25, 0.3) is 6.20 Å². The van der Waals surface area contributed by atoms with Crippen molar-refractivity contribution in [1.29, 1.82) is 0 Å². The third-order valence-corrected chi connectivity index (χ3v) is 4.39. The summed E-state index contributed by atoms with van der Waals surface area (Å²) in [4.78, 5) is 13.5. The Labute approximate surface area is 142 Å². The van der Waals surface area contributed by atoms with E-state index in [1.165, 1.54) is 0 Å². The van der Waals surface area contributed by atoms with Crippen molar-refractivity contribution in [3.05, 3.63) is 44.2 Å². The van der Waals surface area contributed by atoms with E-state index in [2.05, 4.69) is 15.9 Å². The second-order valence-corrected chi connectivity index (χ2v) is 6.99. The highest BCUT2D eigenvalue weighted by Crippen LogP contribution is 2.25. The zero-order valence-corrected chi connectivity index (χ0v) is 15.3. The van der Waals surface area contributed by atoms with E-state index in [-0.39, 0.29) is 5.82 Å². The van der Waals surface area contributed by atoms with Crippen molar-refractivity contribution in [3.63, 3.8) is 0 Å². The van der Waals surface area contributed by atoms with Crippen molar-refractivity contribution in [2.24, 2.45) is 5.73 Å². The molecule has 0 unspecified atom stereocenters. The van der Waals surface area contributed by atoms with Crippen LogP contribution in [-0.4, -0.2) is 48.2 Å². The molecule has 1 rings (SSSR count). The lowest BCUT2D eigenvalue weighted by Crippen LogP contribution is -2.26. The molecule has 0 amide bonds. The molecule has 2 N–H and O–H groups in total. The fourth-order valence-corrected chi connectivity index (χ4v) is 2.99. The molecular formula is C13H21BrN4O3S. The summed E-state index contributed by atoms with van der Waals surface area (Å²) >= 11 is 5.18. The van der Waals surface area contributed by atoms with Crippen molar-refractivity contribution >= 4 is 27.7 Å². The van der Waals surface area contributed by atoms with Gasteiger partial charge in [-0.3, -0.25) is 10.1 Å². The van der Waals surface area contributed by atoms with Crippen LogP contribution >= 0.6 is 27.7 Å². The lowest BCUT2D eigenvalue weighted by Gasteiger charge is -2.16. The van der Waals surface area contributed by atoms with Crippen molar-refractivity contribution in [2.75, 3.05) is 33.4 Å². The highest BCUT2D eigenvalue weighted by molar-refractivity contribution is 9.10. The van der Waals surface area contributed by atoms with E-state index in [1.54, 1.807) is 23.7 Å². The Hall–Kier alpha value is -1.19. The highest BCUT2D eigenvalue weighted by atomic mass is 79.9. The van der Waals surface area contributed by atoms with Gasteiger partial charge in [0.1, 0.15) is 11.5 Å². The predicted octanol–water partition coefficient (Wildman–Crippen LogP) is 2.30. The number of hydrogen-bond donors (Lipinski definition) is 1. The number of halogens is 1. The molecule has 0 radical (unpaired) electrons. The van der Waals surface area contributed by atoms with Crippen LogP contribution in [0.1, 0.15) is 11.5 Å². The molecule has 0 fully saturated rings. The quantitative estimate of drug-likeness (QED) is 0.391. The molecule has 7 nitrogen and oxygen atoms in total. The summed E-state index contributed by atoms with van der Waals surface area (Å²) in [7, 11) is 5.71. The molecule has 0 aliphatic carbocycles. The molecule has 0 aromatic carbocycles. The third-order valence-electron chi connectivity index (χ3n) is 2.76. The monoisotopic (exact) mass is 392 g/mol. The SMILES string of the molecule is CN(C)Cc1oc(CSCCN(C)C(N)=C[N+](=O)[O-])cc1Br. The molecule has 1 heterocycles. The maximum atomic E-state index is 10.3. The zero-order valence-electron chi connectivity index (χ0n) is 12.9. The van der Waals surface area contributed by atoms with E-state index in [0.717, 1.165) is 40.2 Å². The van der Waals surface area contributed by atoms with Gasteiger partial charge < -0.3 is 20.0 Å². The molecular weight excluding hydrogens is 372 g/mol. The van der Waals surface area contributed by atoms with Crippen LogP contribution < -0.4 is 5.73 Å². The smallest absolute Gasteiger partial charge is 0.274 e. The van der Waals surface area contributed by atoms with Gasteiger partial charge in [-0.15, -0.1) is 0 Å². The van der Waals surface area contributed by atoms with E-state index >= 15 is 0 Å². The first-order valence-electron chi connectivity index (χ1n) is 6.61. The minimum Gasteiger partial charge on any atom is -0.463 e. The lowest BCUT2D eigenvalue weighted by molar-refractivity contribution is -0.404. The van der Waals surface area contributed by atoms with Gasteiger partial charge in [0, 0.05) is 19.3 Å². The van der Waals surface area contributed by atoms with Crippen LogP contribution in [0.5, 0.6) is 0 Å². The van der Waals surface area contributed by atoms with Gasteiger partial charge in [-0.2, -0.15) is 11.8 Å². The van der Waals surface area contributed by atoms with Gasteiger partial charge in [0.2, 0.25) is 0 Å². The molecule has 22 heavy (non-hydrogen) atoms. The van der Waals surface area contributed by atoms with E-state index in [1.807, 2.05) is 25.1 Å². The standard InChI is InChI=1S/C13H21BrN4O3S/c1-16(2)7-12-11(14)6-10(21-12)9-22-5-4-17(3)13(15)8-18(19)20/h6,8H,4-5,7,9,15H2,1-3H3. The topological polar surface area (TPSA) is 88.8 Å². The van der Waals surface area contributed by atoms with Crippen molar-refractivity contribution in [3.8, 4) is 0 Å². The fourth-order valence-electron chi connectivity index (χ4n) is 1.63. The number of rotatable bonds is 9. The Bertz CT molecular complexity index is 533. The third kappa shape index (κ3) is 6.71. The second kappa shape index (κ2) is 9.06. The van der Waals surface area contributed by atoms with E-state index in [0.29, 0.717) is 6.54 Å². The summed E-state index contributed by atoms with van der Waals surface area (Å²) in [5.74, 6) is 3.52. The van der Waals surface area contributed by atoms with Crippen molar-refractivity contribution < 1.29 is 9.34 Å². The first-order chi connectivity index (χ1) is 10.3. The van der Waals surface area contributed by atoms with Gasteiger partial charge in [0.05, 0.1) is 21.7 Å². The van der Waals surface area contributed by atoms with Crippen molar-refractivity contribution in [2.45, 2.75) is 12.3 Å². The largest absolute Gasteiger partial charge is 0.463 e. The van der Waals surface area contributed by atoms with Crippen LogP contribution in [0, 0.1) is 10.1 Å². The summed E-state index contributed by atoms with van der Waals surface area (Å²) in [6, 6.07) is 1.98. The Kier molecular flexibility index (Phi) is 7.77. The Balaban J connectivity index is 2.37. The van der Waals surface area contributed by atoms with Gasteiger partial charge in [-0.1, -0.05) is 0 Å². The van der Waals surface area contributed by atoms with Crippen LogP contribution in [0.15, 0.2) is 27.0 Å². The molecule has 0 aliphatic heterocycles. The summed E-state index contributed by atoms with van der Waals surface area (Å²) < 4.78 is 6.76. The average Bonchev–Trinajstić information content (AvgIpc) is 2.73. The zero-order chi connectivity index (χ0) is 16.7. The van der Waals surface area contributed by atoms with Gasteiger partial charge >= 0.3 is 0 Å². The summed E-state index contributed by atoms with van der Waals surface area (Å²) in [5, 5.41) is 10.3. The predicted molar refractivity (Wildman–Crippen MR) is 91.9 cm³/mol. The maximum absolute atomic E-state index is 10.3. The van der Waals surface area contributed by atoms with Crippen LogP contribution in [0.25, 0.3) is 0 Å². The molecule has 0 saturated heterocycles. The fraction of sp³-hybridized carbons (Fsp3) is 0.538. The Morgan fingerprint density at radius 3 is 2.82 bits per heavy atom. The summed E-state index contributed by atoms with van der Waals surface area (Å²) in [5.41, 5.74) is 5.59. The number of nitro groups is 1. The first kappa shape index (κ1) is 18.9. The number of hydrogen-bond acceptors (Lipinski definition) is 7. The molecule has 124 valence electrons. The second-order valence-electron chi connectivity index (χ2n) is 5.04. The number of nitrogens with zero attached hydrogens (tertiary/aromatic N) is 3. The molecule has 1 aromatic heterocycles. The lowest BCUT2D eigenvalue weighted by atomic mass is 10.4. The molecule has 0 bridgehead atoms. The van der Waals surface area contributed by atoms with Crippen LogP contribution in [0.3, 0.4) is 0 Å². The molecule has 0 spiro atoms. The van der Waals surface area contributed by atoms with E-state index in [4.69, 9.17) is 10.2 Å². The first-order valence-corrected chi connectivity index (χ1v) is 8.56. The average molecular weight is 393 g/mol. The highest BCUT2D eigenvalue weighted by Gasteiger charge is 2.10. The summed E-state index contributed by atoms with van der Waals surface area (Å²) in [6.07, 6.45) is 0.807.